The SMILES string of the molecule is c1ccn(CCCCc2ccnc(-c3cc(CCCCn4cccc4)ccn3)c2)c1. The molecule has 0 fully saturated rings. The predicted octanol–water partition coefficient (Wildman–Crippen LogP) is 5.79. The van der Waals surface area contributed by atoms with Gasteiger partial charge in [0.15, 0.2) is 0 Å². The average molecular weight is 399 g/mol. The van der Waals surface area contributed by atoms with Crippen LogP contribution in [0.2, 0.25) is 0 Å². The minimum absolute atomic E-state index is 0.979. The molecule has 0 bridgehead atoms. The van der Waals surface area contributed by atoms with Crippen molar-refractivity contribution in [3.8, 4) is 11.4 Å². The summed E-state index contributed by atoms with van der Waals surface area (Å²) in [7, 11) is 0. The lowest BCUT2D eigenvalue weighted by molar-refractivity contribution is 0.611. The first-order valence-corrected chi connectivity index (χ1v) is 11.0. The number of aromatic nitrogens is 4. The van der Waals surface area contributed by atoms with Crippen LogP contribution < -0.4 is 0 Å². The van der Waals surface area contributed by atoms with E-state index in [2.05, 4.69) is 92.4 Å². The van der Waals surface area contributed by atoms with E-state index in [1.165, 1.54) is 36.8 Å². The maximum Gasteiger partial charge on any atom is 0.0888 e. The first-order chi connectivity index (χ1) is 14.9. The highest BCUT2D eigenvalue weighted by Crippen LogP contribution is 2.19. The number of aryl methyl sites for hydroxylation is 4. The summed E-state index contributed by atoms with van der Waals surface area (Å²) < 4.78 is 4.48. The molecule has 0 spiro atoms. The fourth-order valence-electron chi connectivity index (χ4n) is 3.83. The summed E-state index contributed by atoms with van der Waals surface area (Å²) in [6, 6.07) is 17.0. The highest BCUT2D eigenvalue weighted by atomic mass is 14.9. The van der Waals surface area contributed by atoms with Crippen LogP contribution in [0.5, 0.6) is 0 Å². The maximum absolute atomic E-state index is 4.58. The molecule has 0 saturated carbocycles. The minimum Gasteiger partial charge on any atom is -0.354 e. The predicted molar refractivity (Wildman–Crippen MR) is 122 cm³/mol. The van der Waals surface area contributed by atoms with Crippen molar-refractivity contribution < 1.29 is 0 Å². The van der Waals surface area contributed by atoms with Gasteiger partial charge in [-0.15, -0.1) is 0 Å². The van der Waals surface area contributed by atoms with Crippen molar-refractivity contribution in [2.75, 3.05) is 0 Å². The third kappa shape index (κ3) is 5.93. The Labute approximate surface area is 179 Å². The summed E-state index contributed by atoms with van der Waals surface area (Å²) in [4.78, 5) is 9.16. The number of nitrogens with zero attached hydrogens (tertiary/aromatic N) is 4. The minimum atomic E-state index is 0.979. The number of hydrogen-bond donors (Lipinski definition) is 0. The molecule has 0 amide bonds. The van der Waals surface area contributed by atoms with E-state index in [9.17, 15) is 0 Å². The summed E-state index contributed by atoms with van der Waals surface area (Å²) in [5.41, 5.74) is 4.64. The molecular formula is C26H30N4. The van der Waals surface area contributed by atoms with E-state index in [0.717, 1.165) is 37.3 Å². The van der Waals surface area contributed by atoms with Crippen LogP contribution in [0.4, 0.5) is 0 Å². The van der Waals surface area contributed by atoms with Crippen molar-refractivity contribution in [1.29, 1.82) is 0 Å². The van der Waals surface area contributed by atoms with Crippen LogP contribution in [0.1, 0.15) is 36.8 Å². The summed E-state index contributed by atoms with van der Waals surface area (Å²) >= 11 is 0. The second-order valence-corrected chi connectivity index (χ2v) is 7.85. The van der Waals surface area contributed by atoms with Crippen molar-refractivity contribution in [2.24, 2.45) is 0 Å². The number of pyridine rings is 2. The van der Waals surface area contributed by atoms with E-state index >= 15 is 0 Å². The Hall–Kier alpha value is -3.14. The molecule has 0 aliphatic carbocycles. The Morgan fingerprint density at radius 3 is 1.43 bits per heavy atom. The van der Waals surface area contributed by atoms with Gasteiger partial charge in [-0.2, -0.15) is 0 Å². The standard InChI is InChI=1S/C26H30N4/c1(3-15-29-17-5-6-18-29)9-23-11-13-27-25(21-23)26-22-24(12-14-28-26)10-2-4-16-30-19-7-8-20-30/h5-8,11-14,17-22H,1-4,9-10,15-16H2. The number of hydrogen-bond acceptors (Lipinski definition) is 2. The third-order valence-corrected chi connectivity index (χ3v) is 5.51. The van der Waals surface area contributed by atoms with Gasteiger partial charge in [0.1, 0.15) is 0 Å². The van der Waals surface area contributed by atoms with E-state index in [4.69, 9.17) is 0 Å². The second kappa shape index (κ2) is 10.6. The van der Waals surface area contributed by atoms with Gasteiger partial charge in [-0.05, 0) is 98.2 Å². The molecule has 0 atom stereocenters. The van der Waals surface area contributed by atoms with E-state index in [1.54, 1.807) is 0 Å². The Morgan fingerprint density at radius 1 is 0.567 bits per heavy atom. The summed E-state index contributed by atoms with van der Waals surface area (Å²) in [6.07, 6.45) is 19.2. The van der Waals surface area contributed by atoms with E-state index < -0.39 is 0 Å². The van der Waals surface area contributed by atoms with E-state index in [-0.39, 0.29) is 0 Å². The third-order valence-electron chi connectivity index (χ3n) is 5.51. The molecule has 0 radical (unpaired) electrons. The fraction of sp³-hybridized carbons (Fsp3) is 0.308. The van der Waals surface area contributed by atoms with Crippen LogP contribution in [0.3, 0.4) is 0 Å². The number of rotatable bonds is 11. The van der Waals surface area contributed by atoms with Gasteiger partial charge in [-0.3, -0.25) is 9.97 Å². The lowest BCUT2D eigenvalue weighted by atomic mass is 10.0. The molecule has 4 heterocycles. The maximum atomic E-state index is 4.58. The zero-order chi connectivity index (χ0) is 20.4. The monoisotopic (exact) mass is 398 g/mol. The Kier molecular flexibility index (Phi) is 7.11. The van der Waals surface area contributed by atoms with Crippen molar-refractivity contribution >= 4 is 0 Å². The first kappa shape index (κ1) is 20.1. The van der Waals surface area contributed by atoms with Crippen LogP contribution >= 0.6 is 0 Å². The molecule has 0 unspecified atom stereocenters. The zero-order valence-corrected chi connectivity index (χ0v) is 17.5. The molecule has 4 aromatic heterocycles. The second-order valence-electron chi connectivity index (χ2n) is 7.85. The largest absolute Gasteiger partial charge is 0.354 e. The van der Waals surface area contributed by atoms with Gasteiger partial charge in [-0.1, -0.05) is 0 Å². The highest BCUT2D eigenvalue weighted by molar-refractivity contribution is 5.55. The Balaban J connectivity index is 1.28. The van der Waals surface area contributed by atoms with Gasteiger partial charge in [0, 0.05) is 50.3 Å². The van der Waals surface area contributed by atoms with Gasteiger partial charge in [0.25, 0.3) is 0 Å². The van der Waals surface area contributed by atoms with Crippen molar-refractivity contribution in [3.63, 3.8) is 0 Å². The van der Waals surface area contributed by atoms with Gasteiger partial charge >= 0.3 is 0 Å². The molecule has 0 saturated heterocycles. The smallest absolute Gasteiger partial charge is 0.0888 e. The molecule has 4 aromatic rings. The quantitative estimate of drug-likeness (QED) is 0.300. The van der Waals surface area contributed by atoms with Gasteiger partial charge in [0.05, 0.1) is 11.4 Å². The molecule has 154 valence electrons. The van der Waals surface area contributed by atoms with Crippen LogP contribution in [0.25, 0.3) is 11.4 Å². The molecule has 0 aromatic carbocycles. The van der Waals surface area contributed by atoms with Crippen molar-refractivity contribution in [1.82, 2.24) is 19.1 Å². The van der Waals surface area contributed by atoms with Gasteiger partial charge < -0.3 is 9.13 Å². The Morgan fingerprint density at radius 2 is 1.00 bits per heavy atom. The van der Waals surface area contributed by atoms with Gasteiger partial charge in [-0.25, -0.2) is 0 Å². The summed E-state index contributed by atoms with van der Waals surface area (Å²) in [5, 5.41) is 0. The number of unbranched alkanes of at least 4 members (excludes halogenated alkanes) is 2. The summed E-state index contributed by atoms with van der Waals surface area (Å²) in [5.74, 6) is 0. The molecule has 4 rings (SSSR count). The Bertz CT molecular complexity index is 919. The molecule has 30 heavy (non-hydrogen) atoms. The van der Waals surface area contributed by atoms with Crippen molar-refractivity contribution in [3.05, 3.63) is 96.8 Å². The molecule has 4 nitrogen and oxygen atoms in total. The molecular weight excluding hydrogens is 368 g/mol. The molecule has 4 heteroatoms. The highest BCUT2D eigenvalue weighted by Gasteiger charge is 2.05. The van der Waals surface area contributed by atoms with Crippen molar-refractivity contribution in [2.45, 2.75) is 51.6 Å². The van der Waals surface area contributed by atoms with Crippen LogP contribution in [0, 0.1) is 0 Å². The zero-order valence-electron chi connectivity index (χ0n) is 17.5. The topological polar surface area (TPSA) is 35.6 Å². The van der Waals surface area contributed by atoms with Crippen LogP contribution in [-0.4, -0.2) is 19.1 Å². The first-order valence-electron chi connectivity index (χ1n) is 11.0. The van der Waals surface area contributed by atoms with E-state index in [0.29, 0.717) is 0 Å². The molecule has 0 aliphatic rings. The van der Waals surface area contributed by atoms with Crippen LogP contribution in [0.15, 0.2) is 85.7 Å². The lowest BCUT2D eigenvalue weighted by Crippen LogP contribution is -1.97. The fourth-order valence-corrected chi connectivity index (χ4v) is 3.83. The normalized spacial score (nSPS) is 11.1. The van der Waals surface area contributed by atoms with Gasteiger partial charge in [0.2, 0.25) is 0 Å². The van der Waals surface area contributed by atoms with Crippen LogP contribution in [-0.2, 0) is 25.9 Å². The lowest BCUT2D eigenvalue weighted by Gasteiger charge is -2.07. The van der Waals surface area contributed by atoms with E-state index in [1.807, 2.05) is 12.4 Å². The average Bonchev–Trinajstić information content (AvgIpc) is 3.49. The molecule has 0 aliphatic heterocycles. The molecule has 0 N–H and O–H groups in total. The summed E-state index contributed by atoms with van der Waals surface area (Å²) in [6.45, 7) is 2.16.